The Labute approximate surface area is 131 Å². The van der Waals surface area contributed by atoms with Gasteiger partial charge in [0.1, 0.15) is 12.4 Å². The first-order chi connectivity index (χ1) is 10.7. The summed E-state index contributed by atoms with van der Waals surface area (Å²) in [5, 5.41) is 0. The molecule has 1 fully saturated rings. The van der Waals surface area contributed by atoms with Crippen molar-refractivity contribution in [2.75, 3.05) is 47.0 Å². The number of nitrogens with zero attached hydrogens (tertiary/aromatic N) is 2. The van der Waals surface area contributed by atoms with Crippen LogP contribution in [0.2, 0.25) is 0 Å². The number of piperazine rings is 1. The lowest BCUT2D eigenvalue weighted by atomic mass is 10.1. The fourth-order valence-electron chi connectivity index (χ4n) is 3.56. The highest BCUT2D eigenvalue weighted by molar-refractivity contribution is 5.77. The van der Waals surface area contributed by atoms with Crippen molar-refractivity contribution in [3.8, 4) is 5.75 Å². The van der Waals surface area contributed by atoms with Crippen LogP contribution in [0.3, 0.4) is 0 Å². The van der Waals surface area contributed by atoms with E-state index in [1.165, 1.54) is 11.1 Å². The van der Waals surface area contributed by atoms with Crippen molar-refractivity contribution >= 4 is 5.91 Å². The Morgan fingerprint density at radius 3 is 2.68 bits per heavy atom. The molecule has 2 aliphatic rings. The predicted octanol–water partition coefficient (Wildman–Crippen LogP) is 1.47. The zero-order chi connectivity index (χ0) is 15.5. The third kappa shape index (κ3) is 2.96. The molecule has 0 aromatic heterocycles. The van der Waals surface area contributed by atoms with Crippen LogP contribution in [0.15, 0.2) is 18.2 Å². The zero-order valence-corrected chi connectivity index (χ0v) is 13.4. The summed E-state index contributed by atoms with van der Waals surface area (Å²) in [4.78, 5) is 16.3. The van der Waals surface area contributed by atoms with Gasteiger partial charge in [0.05, 0.1) is 7.11 Å². The lowest BCUT2D eigenvalue weighted by Crippen LogP contribution is -2.50. The van der Waals surface area contributed by atoms with Gasteiger partial charge >= 0.3 is 0 Å². The lowest BCUT2D eigenvalue weighted by molar-refractivity contribution is -0.137. The standard InChI is InChI=1S/C17H24N2O3/c1-21-12-17(20)19-9-7-18(8-10-19)16-6-4-13-3-5-14(22-2)11-15(13)16/h3,5,11,16H,4,6-10,12H2,1-2H3. The monoisotopic (exact) mass is 304 g/mol. The van der Waals surface area contributed by atoms with E-state index >= 15 is 0 Å². The minimum atomic E-state index is 0.0932. The second kappa shape index (κ2) is 6.67. The van der Waals surface area contributed by atoms with Crippen LogP contribution in [-0.2, 0) is 16.0 Å². The summed E-state index contributed by atoms with van der Waals surface area (Å²) in [6, 6.07) is 6.87. The third-order valence-electron chi connectivity index (χ3n) is 4.77. The number of amides is 1. The molecule has 1 heterocycles. The van der Waals surface area contributed by atoms with Crippen LogP contribution in [0.25, 0.3) is 0 Å². The van der Waals surface area contributed by atoms with Crippen LogP contribution < -0.4 is 4.74 Å². The van der Waals surface area contributed by atoms with E-state index in [1.54, 1.807) is 14.2 Å². The SMILES string of the molecule is COCC(=O)N1CCN(C2CCc3ccc(OC)cc32)CC1. The molecule has 0 spiro atoms. The Balaban J connectivity index is 1.65. The molecule has 5 nitrogen and oxygen atoms in total. The van der Waals surface area contributed by atoms with E-state index < -0.39 is 0 Å². The normalized spacial score (nSPS) is 21.7. The molecule has 1 aromatic carbocycles. The number of ether oxygens (including phenoxy) is 2. The average molecular weight is 304 g/mol. The average Bonchev–Trinajstić information content (AvgIpc) is 2.98. The molecule has 0 saturated carbocycles. The van der Waals surface area contributed by atoms with Crippen LogP contribution in [0.5, 0.6) is 5.75 Å². The van der Waals surface area contributed by atoms with Gasteiger partial charge in [0.25, 0.3) is 0 Å². The first-order valence-corrected chi connectivity index (χ1v) is 7.90. The molecule has 5 heteroatoms. The van der Waals surface area contributed by atoms with Crippen molar-refractivity contribution in [2.45, 2.75) is 18.9 Å². The maximum atomic E-state index is 11.9. The fraction of sp³-hybridized carbons (Fsp3) is 0.588. The van der Waals surface area contributed by atoms with E-state index in [1.807, 2.05) is 11.0 Å². The quantitative estimate of drug-likeness (QED) is 0.845. The van der Waals surface area contributed by atoms with Crippen LogP contribution in [0.4, 0.5) is 0 Å². The van der Waals surface area contributed by atoms with Crippen molar-refractivity contribution < 1.29 is 14.3 Å². The Hall–Kier alpha value is -1.59. The summed E-state index contributed by atoms with van der Waals surface area (Å²) in [6.45, 7) is 3.62. The van der Waals surface area contributed by atoms with Crippen LogP contribution in [0.1, 0.15) is 23.6 Å². The Kier molecular flexibility index (Phi) is 4.64. The molecular formula is C17H24N2O3. The van der Waals surface area contributed by atoms with Gasteiger partial charge in [-0.25, -0.2) is 0 Å². The fourth-order valence-corrected chi connectivity index (χ4v) is 3.56. The summed E-state index contributed by atoms with van der Waals surface area (Å²) in [6.07, 6.45) is 2.29. The molecule has 1 atom stereocenters. The van der Waals surface area contributed by atoms with Gasteiger partial charge in [-0.15, -0.1) is 0 Å². The highest BCUT2D eigenvalue weighted by Gasteiger charge is 2.31. The van der Waals surface area contributed by atoms with Crippen molar-refractivity contribution in [2.24, 2.45) is 0 Å². The second-order valence-corrected chi connectivity index (χ2v) is 5.97. The van der Waals surface area contributed by atoms with Crippen molar-refractivity contribution in [1.82, 2.24) is 9.80 Å². The van der Waals surface area contributed by atoms with Gasteiger partial charge in [-0.3, -0.25) is 9.69 Å². The number of rotatable bonds is 4. The van der Waals surface area contributed by atoms with E-state index in [9.17, 15) is 4.79 Å². The van der Waals surface area contributed by atoms with Crippen LogP contribution in [-0.4, -0.2) is 62.7 Å². The molecular weight excluding hydrogens is 280 g/mol. The molecule has 22 heavy (non-hydrogen) atoms. The summed E-state index contributed by atoms with van der Waals surface area (Å²) >= 11 is 0. The van der Waals surface area contributed by atoms with Crippen molar-refractivity contribution in [3.05, 3.63) is 29.3 Å². The van der Waals surface area contributed by atoms with Crippen molar-refractivity contribution in [1.29, 1.82) is 0 Å². The number of aryl methyl sites for hydroxylation is 1. The molecule has 1 aromatic rings. The van der Waals surface area contributed by atoms with Gasteiger partial charge in [0.15, 0.2) is 0 Å². The van der Waals surface area contributed by atoms with Gasteiger partial charge in [0, 0.05) is 39.3 Å². The number of fused-ring (bicyclic) bond motifs is 1. The lowest BCUT2D eigenvalue weighted by Gasteiger charge is -2.38. The molecule has 1 aliphatic heterocycles. The molecule has 1 aliphatic carbocycles. The second-order valence-electron chi connectivity index (χ2n) is 5.97. The van der Waals surface area contributed by atoms with E-state index in [-0.39, 0.29) is 12.5 Å². The molecule has 1 amide bonds. The number of hydrogen-bond acceptors (Lipinski definition) is 4. The topological polar surface area (TPSA) is 42.0 Å². The van der Waals surface area contributed by atoms with E-state index in [4.69, 9.17) is 9.47 Å². The van der Waals surface area contributed by atoms with Crippen LogP contribution >= 0.6 is 0 Å². The van der Waals surface area contributed by atoms with E-state index in [2.05, 4.69) is 17.0 Å². The number of methoxy groups -OCH3 is 2. The summed E-state index contributed by atoms with van der Waals surface area (Å²) in [5.74, 6) is 1.02. The number of carbonyl (C=O) groups is 1. The first kappa shape index (κ1) is 15.3. The highest BCUT2D eigenvalue weighted by Crippen LogP contribution is 2.38. The minimum absolute atomic E-state index is 0.0932. The summed E-state index contributed by atoms with van der Waals surface area (Å²) < 4.78 is 10.3. The smallest absolute Gasteiger partial charge is 0.248 e. The molecule has 3 rings (SSSR count). The van der Waals surface area contributed by atoms with Gasteiger partial charge in [0.2, 0.25) is 5.91 Å². The molecule has 0 bridgehead atoms. The Bertz CT molecular complexity index is 539. The molecule has 0 N–H and O–H groups in total. The molecule has 0 radical (unpaired) electrons. The number of hydrogen-bond donors (Lipinski definition) is 0. The molecule has 1 unspecified atom stereocenters. The van der Waals surface area contributed by atoms with Crippen molar-refractivity contribution in [3.63, 3.8) is 0 Å². The zero-order valence-electron chi connectivity index (χ0n) is 13.4. The highest BCUT2D eigenvalue weighted by atomic mass is 16.5. The maximum Gasteiger partial charge on any atom is 0.248 e. The largest absolute Gasteiger partial charge is 0.497 e. The van der Waals surface area contributed by atoms with E-state index in [0.717, 1.165) is 44.8 Å². The third-order valence-corrected chi connectivity index (χ3v) is 4.77. The van der Waals surface area contributed by atoms with Gasteiger partial charge < -0.3 is 14.4 Å². The Morgan fingerprint density at radius 1 is 1.23 bits per heavy atom. The molecule has 1 saturated heterocycles. The molecule has 120 valence electrons. The number of carbonyl (C=O) groups excluding carboxylic acids is 1. The van der Waals surface area contributed by atoms with Gasteiger partial charge in [-0.05, 0) is 36.1 Å². The minimum Gasteiger partial charge on any atom is -0.497 e. The van der Waals surface area contributed by atoms with E-state index in [0.29, 0.717) is 6.04 Å². The predicted molar refractivity (Wildman–Crippen MR) is 84.1 cm³/mol. The summed E-state index contributed by atoms with van der Waals surface area (Å²) in [5.41, 5.74) is 2.83. The van der Waals surface area contributed by atoms with Gasteiger partial charge in [-0.1, -0.05) is 6.07 Å². The Morgan fingerprint density at radius 2 is 2.00 bits per heavy atom. The van der Waals surface area contributed by atoms with Crippen LogP contribution in [0, 0.1) is 0 Å². The first-order valence-electron chi connectivity index (χ1n) is 7.90. The van der Waals surface area contributed by atoms with Gasteiger partial charge in [-0.2, -0.15) is 0 Å². The number of benzene rings is 1. The maximum absolute atomic E-state index is 11.9. The summed E-state index contributed by atoms with van der Waals surface area (Å²) in [7, 11) is 3.28.